The summed E-state index contributed by atoms with van der Waals surface area (Å²) in [5.74, 6) is 0. The van der Waals surface area contributed by atoms with E-state index in [2.05, 4.69) is 44.7 Å². The van der Waals surface area contributed by atoms with Crippen molar-refractivity contribution < 1.29 is 4.43 Å². The Labute approximate surface area is 88.7 Å². The fourth-order valence-corrected chi connectivity index (χ4v) is 2.01. The fraction of sp³-hybridized carbons (Fsp3) is 0.333. The van der Waals surface area contributed by atoms with Gasteiger partial charge in [-0.2, -0.15) is 0 Å². The number of hydrogen-bond donors (Lipinski definition) is 0. The van der Waals surface area contributed by atoms with Crippen LogP contribution in [0.3, 0.4) is 0 Å². The van der Waals surface area contributed by atoms with E-state index in [1.165, 1.54) is 5.56 Å². The molecule has 0 fully saturated rings. The van der Waals surface area contributed by atoms with Crippen LogP contribution in [0.4, 0.5) is 0 Å². The molecule has 76 valence electrons. The first-order valence-corrected chi connectivity index (χ1v) is 6.33. The van der Waals surface area contributed by atoms with Crippen LogP contribution in [-0.2, 0) is 4.43 Å². The normalized spacial score (nSPS) is 13.1. The van der Waals surface area contributed by atoms with Gasteiger partial charge in [0.1, 0.15) is 0 Å². The van der Waals surface area contributed by atoms with E-state index in [0.717, 1.165) is 0 Å². The molecule has 0 spiro atoms. The van der Waals surface area contributed by atoms with Gasteiger partial charge >= 0.3 is 0 Å². The lowest BCUT2D eigenvalue weighted by Crippen LogP contribution is -2.20. The minimum absolute atomic E-state index is 0.00719. The molecule has 0 radical (unpaired) electrons. The number of hydrogen-bond acceptors (Lipinski definition) is 1. The van der Waals surface area contributed by atoms with Crippen molar-refractivity contribution in [1.29, 1.82) is 0 Å². The Balaban J connectivity index is 2.35. The molecule has 0 heterocycles. The Morgan fingerprint density at radius 1 is 1.14 bits per heavy atom. The van der Waals surface area contributed by atoms with Crippen LogP contribution in [0.2, 0.25) is 0 Å². The molecule has 0 aliphatic rings. The second-order valence-corrected chi connectivity index (χ2v) is 5.33. The Hall–Kier alpha value is -0.863. The van der Waals surface area contributed by atoms with Gasteiger partial charge in [-0.15, -0.1) is 0 Å². The first-order valence-electron chi connectivity index (χ1n) is 4.93. The van der Waals surface area contributed by atoms with Crippen LogP contribution in [0.25, 0.3) is 6.08 Å². The highest BCUT2D eigenvalue weighted by atomic mass is 28.2. The maximum Gasteiger partial charge on any atom is 0.185 e. The Morgan fingerprint density at radius 2 is 1.79 bits per heavy atom. The molecular weight excluding hydrogens is 188 g/mol. The van der Waals surface area contributed by atoms with Gasteiger partial charge in [-0.1, -0.05) is 42.1 Å². The van der Waals surface area contributed by atoms with E-state index in [-0.39, 0.29) is 5.60 Å². The maximum absolute atomic E-state index is 5.70. The Kier molecular flexibility index (Phi) is 4.11. The van der Waals surface area contributed by atoms with Gasteiger partial charge < -0.3 is 4.43 Å². The molecule has 0 amide bonds. The van der Waals surface area contributed by atoms with Crippen LogP contribution in [0.5, 0.6) is 0 Å². The molecule has 2 heteroatoms. The quantitative estimate of drug-likeness (QED) is 0.691. The lowest BCUT2D eigenvalue weighted by molar-refractivity contribution is 0.141. The van der Waals surface area contributed by atoms with Crippen LogP contribution in [0, 0.1) is 0 Å². The van der Waals surface area contributed by atoms with Gasteiger partial charge in [0.05, 0.1) is 0 Å². The summed E-state index contributed by atoms with van der Waals surface area (Å²) in [4.78, 5) is 0. The third-order valence-electron chi connectivity index (χ3n) is 1.72. The lowest BCUT2D eigenvalue weighted by Gasteiger charge is -2.18. The van der Waals surface area contributed by atoms with Gasteiger partial charge in [-0.3, -0.25) is 0 Å². The summed E-state index contributed by atoms with van der Waals surface area (Å²) in [7, 11) is -0.517. The van der Waals surface area contributed by atoms with E-state index in [0.29, 0.717) is 0 Å². The minimum Gasteiger partial charge on any atom is -0.415 e. The SMILES string of the molecule is CC(C)(C)O[SiH2]C=Cc1ccccc1. The van der Waals surface area contributed by atoms with Gasteiger partial charge in [-0.05, 0) is 26.3 Å². The van der Waals surface area contributed by atoms with Gasteiger partial charge in [-0.25, -0.2) is 0 Å². The average Bonchev–Trinajstić information content (AvgIpc) is 2.13. The van der Waals surface area contributed by atoms with Crippen molar-refractivity contribution >= 4 is 15.8 Å². The highest BCUT2D eigenvalue weighted by Gasteiger charge is 2.07. The second kappa shape index (κ2) is 5.13. The zero-order chi connectivity index (χ0) is 10.4. The molecule has 0 aromatic heterocycles. The smallest absolute Gasteiger partial charge is 0.185 e. The predicted molar refractivity (Wildman–Crippen MR) is 64.9 cm³/mol. The van der Waals surface area contributed by atoms with Gasteiger partial charge in [0.25, 0.3) is 0 Å². The van der Waals surface area contributed by atoms with Crippen LogP contribution in [-0.4, -0.2) is 15.4 Å². The summed E-state index contributed by atoms with van der Waals surface area (Å²) in [5, 5.41) is 0. The molecule has 0 atom stereocenters. The van der Waals surface area contributed by atoms with E-state index in [1.807, 2.05) is 18.2 Å². The summed E-state index contributed by atoms with van der Waals surface area (Å²) < 4.78 is 5.70. The predicted octanol–water partition coefficient (Wildman–Crippen LogP) is 2.56. The first kappa shape index (κ1) is 11.2. The van der Waals surface area contributed by atoms with Crippen LogP contribution >= 0.6 is 0 Å². The molecule has 0 bridgehead atoms. The van der Waals surface area contributed by atoms with Crippen molar-refractivity contribution in [3.05, 3.63) is 41.6 Å². The standard InChI is InChI=1S/C12H18OSi/c1-12(2,3)13-14-10-9-11-7-5-4-6-8-11/h4-10H,14H2,1-3H3. The summed E-state index contributed by atoms with van der Waals surface area (Å²) in [6.45, 7) is 6.28. The average molecular weight is 206 g/mol. The van der Waals surface area contributed by atoms with Crippen molar-refractivity contribution in [3.63, 3.8) is 0 Å². The maximum atomic E-state index is 5.70. The molecule has 0 aliphatic carbocycles. The highest BCUT2D eigenvalue weighted by molar-refractivity contribution is 6.35. The molecule has 0 aliphatic heterocycles. The van der Waals surface area contributed by atoms with E-state index in [4.69, 9.17) is 4.43 Å². The number of benzene rings is 1. The minimum atomic E-state index is -0.517. The largest absolute Gasteiger partial charge is 0.415 e. The summed E-state index contributed by atoms with van der Waals surface area (Å²) in [6, 6.07) is 10.3. The molecule has 14 heavy (non-hydrogen) atoms. The third-order valence-corrected chi connectivity index (χ3v) is 3.18. The Morgan fingerprint density at radius 3 is 2.36 bits per heavy atom. The van der Waals surface area contributed by atoms with Crippen molar-refractivity contribution in [2.75, 3.05) is 0 Å². The van der Waals surface area contributed by atoms with Gasteiger partial charge in [0, 0.05) is 5.60 Å². The van der Waals surface area contributed by atoms with Crippen molar-refractivity contribution in [1.82, 2.24) is 0 Å². The highest BCUT2D eigenvalue weighted by Crippen LogP contribution is 2.06. The van der Waals surface area contributed by atoms with Gasteiger partial charge in [0.15, 0.2) is 9.76 Å². The van der Waals surface area contributed by atoms with E-state index in [9.17, 15) is 0 Å². The molecule has 0 unspecified atom stereocenters. The molecule has 0 saturated heterocycles. The fourth-order valence-electron chi connectivity index (χ4n) is 1.05. The third kappa shape index (κ3) is 4.99. The molecule has 1 nitrogen and oxygen atoms in total. The van der Waals surface area contributed by atoms with E-state index < -0.39 is 9.76 Å². The van der Waals surface area contributed by atoms with E-state index >= 15 is 0 Å². The lowest BCUT2D eigenvalue weighted by atomic mass is 10.2. The van der Waals surface area contributed by atoms with Crippen molar-refractivity contribution in [3.8, 4) is 0 Å². The summed E-state index contributed by atoms with van der Waals surface area (Å²) in [5.41, 5.74) is 3.44. The van der Waals surface area contributed by atoms with Crippen LogP contribution < -0.4 is 0 Å². The summed E-state index contributed by atoms with van der Waals surface area (Å²) in [6.07, 6.45) is 2.14. The van der Waals surface area contributed by atoms with Crippen molar-refractivity contribution in [2.45, 2.75) is 26.4 Å². The Bertz CT molecular complexity index is 285. The zero-order valence-corrected chi connectivity index (χ0v) is 10.6. The topological polar surface area (TPSA) is 9.23 Å². The summed E-state index contributed by atoms with van der Waals surface area (Å²) >= 11 is 0. The van der Waals surface area contributed by atoms with Crippen LogP contribution in [0.1, 0.15) is 26.3 Å². The van der Waals surface area contributed by atoms with Gasteiger partial charge in [0.2, 0.25) is 0 Å². The molecule has 0 saturated carbocycles. The molecular formula is C12H18OSi. The first-order chi connectivity index (χ1) is 6.58. The zero-order valence-electron chi connectivity index (χ0n) is 9.16. The molecule has 1 aromatic carbocycles. The monoisotopic (exact) mass is 206 g/mol. The van der Waals surface area contributed by atoms with E-state index in [1.54, 1.807) is 0 Å². The molecule has 1 rings (SSSR count). The second-order valence-electron chi connectivity index (χ2n) is 4.24. The van der Waals surface area contributed by atoms with Crippen molar-refractivity contribution in [2.24, 2.45) is 0 Å². The molecule has 0 N–H and O–H groups in total. The van der Waals surface area contributed by atoms with Crippen LogP contribution in [0.15, 0.2) is 36.0 Å². The molecule has 1 aromatic rings. The number of rotatable bonds is 3.